The molecule has 9 heteroatoms. The number of carbonyl (C=O) groups excluding carboxylic acids is 1. The van der Waals surface area contributed by atoms with E-state index in [0.29, 0.717) is 5.56 Å². The normalized spacial score (nSPS) is 13.9. The summed E-state index contributed by atoms with van der Waals surface area (Å²) < 4.78 is 12.2. The van der Waals surface area contributed by atoms with Gasteiger partial charge in [0.2, 0.25) is 0 Å². The van der Waals surface area contributed by atoms with Crippen LogP contribution in [-0.4, -0.2) is 66.1 Å². The molecule has 0 amide bonds. The van der Waals surface area contributed by atoms with Crippen LogP contribution in [0.3, 0.4) is 0 Å². The summed E-state index contributed by atoms with van der Waals surface area (Å²) in [5, 5.41) is 5.47. The van der Waals surface area contributed by atoms with Gasteiger partial charge in [0.1, 0.15) is 17.9 Å². The Morgan fingerprint density at radius 1 is 0.939 bits per heavy atom. The number of fused-ring (bicyclic) bond motifs is 1. The molecule has 0 spiro atoms. The Hall–Kier alpha value is -4.14. The number of benzene rings is 2. The first-order chi connectivity index (χ1) is 16.2. The maximum atomic E-state index is 12.0. The van der Waals surface area contributed by atoms with E-state index < -0.39 is 0 Å². The number of esters is 1. The summed E-state index contributed by atoms with van der Waals surface area (Å²) in [6, 6.07) is 15.3. The highest BCUT2D eigenvalue weighted by atomic mass is 16.5. The zero-order valence-electron chi connectivity index (χ0n) is 18.5. The summed E-state index contributed by atoms with van der Waals surface area (Å²) >= 11 is 0. The number of ether oxygens (including phenoxy) is 2. The summed E-state index contributed by atoms with van der Waals surface area (Å²) in [6.07, 6.45) is 3.42. The smallest absolute Gasteiger partial charge is 0.337 e. The van der Waals surface area contributed by atoms with E-state index >= 15 is 0 Å². The minimum atomic E-state index is -0.364. The zero-order valence-corrected chi connectivity index (χ0v) is 18.5. The molecule has 1 fully saturated rings. The van der Waals surface area contributed by atoms with Crippen LogP contribution in [0.4, 0.5) is 11.5 Å². The second-order valence-electron chi connectivity index (χ2n) is 7.68. The van der Waals surface area contributed by atoms with Crippen LogP contribution < -0.4 is 14.5 Å². The third-order valence-corrected chi connectivity index (χ3v) is 5.87. The van der Waals surface area contributed by atoms with Gasteiger partial charge >= 0.3 is 5.97 Å². The van der Waals surface area contributed by atoms with Crippen molar-refractivity contribution in [2.24, 2.45) is 0 Å². The molecule has 9 nitrogen and oxygen atoms in total. The van der Waals surface area contributed by atoms with E-state index in [1.165, 1.54) is 7.11 Å². The van der Waals surface area contributed by atoms with E-state index in [-0.39, 0.29) is 5.97 Å². The Morgan fingerprint density at radius 2 is 1.70 bits per heavy atom. The number of aromatic nitrogens is 4. The van der Waals surface area contributed by atoms with Crippen LogP contribution in [0.15, 0.2) is 61.1 Å². The fourth-order valence-corrected chi connectivity index (χ4v) is 4.18. The molecule has 1 aliphatic heterocycles. The molecule has 0 aliphatic carbocycles. The first-order valence-corrected chi connectivity index (χ1v) is 10.7. The predicted molar refractivity (Wildman–Crippen MR) is 125 cm³/mol. The molecule has 2 aromatic carbocycles. The van der Waals surface area contributed by atoms with Gasteiger partial charge in [-0.15, -0.1) is 0 Å². The maximum absolute atomic E-state index is 12.0. The molecular weight excluding hydrogens is 420 g/mol. The van der Waals surface area contributed by atoms with Crippen molar-refractivity contribution in [3.05, 3.63) is 66.6 Å². The monoisotopic (exact) mass is 444 g/mol. The van der Waals surface area contributed by atoms with Crippen LogP contribution in [0, 0.1) is 0 Å². The standard InChI is InChI=1S/C24H24N6O3/c1-32-21-9-8-17(24(31)33-2)14-20(21)28-10-12-29(13-11-28)22-19-15-27-30(23(19)26-16-25-22)18-6-4-3-5-7-18/h3-9,14-16H,10-13H2,1-2H3. The van der Waals surface area contributed by atoms with Gasteiger partial charge in [0.05, 0.1) is 42.7 Å². The maximum Gasteiger partial charge on any atom is 0.337 e. The zero-order chi connectivity index (χ0) is 22.8. The second kappa shape index (κ2) is 8.78. The number of nitrogens with zero attached hydrogens (tertiary/aromatic N) is 6. The number of hydrogen-bond donors (Lipinski definition) is 0. The highest BCUT2D eigenvalue weighted by molar-refractivity contribution is 5.91. The third kappa shape index (κ3) is 3.82. The summed E-state index contributed by atoms with van der Waals surface area (Å²) in [4.78, 5) is 25.5. The minimum absolute atomic E-state index is 0.364. The first kappa shape index (κ1) is 20.7. The SMILES string of the molecule is COC(=O)c1ccc(OC)c(N2CCN(c3ncnc4c3cnn4-c3ccccc3)CC2)c1. The van der Waals surface area contributed by atoms with Gasteiger partial charge in [-0.1, -0.05) is 18.2 Å². The lowest BCUT2D eigenvalue weighted by Crippen LogP contribution is -2.47. The summed E-state index contributed by atoms with van der Waals surface area (Å²) in [5.74, 6) is 1.23. The van der Waals surface area contributed by atoms with E-state index in [9.17, 15) is 4.79 Å². The van der Waals surface area contributed by atoms with Crippen molar-refractivity contribution in [3.63, 3.8) is 0 Å². The molecule has 0 saturated carbocycles. The molecule has 33 heavy (non-hydrogen) atoms. The van der Waals surface area contributed by atoms with E-state index in [4.69, 9.17) is 9.47 Å². The molecule has 0 bridgehead atoms. The number of rotatable bonds is 5. The van der Waals surface area contributed by atoms with Gasteiger partial charge in [-0.2, -0.15) is 5.10 Å². The Morgan fingerprint density at radius 3 is 2.42 bits per heavy atom. The van der Waals surface area contributed by atoms with Crippen LogP contribution in [0.25, 0.3) is 16.7 Å². The lowest BCUT2D eigenvalue weighted by molar-refractivity contribution is 0.0600. The molecule has 0 atom stereocenters. The molecular formula is C24H24N6O3. The third-order valence-electron chi connectivity index (χ3n) is 5.87. The molecule has 168 valence electrons. The van der Waals surface area contributed by atoms with Gasteiger partial charge in [0.25, 0.3) is 0 Å². The molecule has 3 heterocycles. The van der Waals surface area contributed by atoms with Crippen molar-refractivity contribution in [3.8, 4) is 11.4 Å². The van der Waals surface area contributed by atoms with Crippen molar-refractivity contribution >= 4 is 28.5 Å². The number of carbonyl (C=O) groups is 1. The Bertz CT molecular complexity index is 1280. The van der Waals surface area contributed by atoms with Gasteiger partial charge in [0.15, 0.2) is 5.65 Å². The number of para-hydroxylation sites is 1. The number of piperazine rings is 1. The Labute approximate surface area is 191 Å². The topological polar surface area (TPSA) is 85.6 Å². The molecule has 0 radical (unpaired) electrons. The van der Waals surface area contributed by atoms with Crippen molar-refractivity contribution in [1.29, 1.82) is 0 Å². The van der Waals surface area contributed by atoms with Gasteiger partial charge in [-0.25, -0.2) is 19.4 Å². The van der Waals surface area contributed by atoms with Crippen molar-refractivity contribution in [2.45, 2.75) is 0 Å². The molecule has 1 saturated heterocycles. The number of hydrogen-bond acceptors (Lipinski definition) is 8. The fourth-order valence-electron chi connectivity index (χ4n) is 4.18. The molecule has 4 aromatic rings. The average molecular weight is 444 g/mol. The van der Waals surface area contributed by atoms with E-state index in [1.807, 2.05) is 47.3 Å². The van der Waals surface area contributed by atoms with Crippen LogP contribution in [0.2, 0.25) is 0 Å². The van der Waals surface area contributed by atoms with Gasteiger partial charge in [0, 0.05) is 26.2 Å². The predicted octanol–water partition coefficient (Wildman–Crippen LogP) is 2.94. The van der Waals surface area contributed by atoms with Gasteiger partial charge < -0.3 is 19.3 Å². The largest absolute Gasteiger partial charge is 0.495 e. The molecule has 0 unspecified atom stereocenters. The van der Waals surface area contributed by atoms with Crippen LogP contribution in [0.1, 0.15) is 10.4 Å². The number of methoxy groups -OCH3 is 2. The van der Waals surface area contributed by atoms with Crippen molar-refractivity contribution in [2.75, 3.05) is 50.2 Å². The van der Waals surface area contributed by atoms with E-state index in [0.717, 1.165) is 60.2 Å². The highest BCUT2D eigenvalue weighted by Crippen LogP contribution is 2.32. The quantitative estimate of drug-likeness (QED) is 0.435. The van der Waals surface area contributed by atoms with Gasteiger partial charge in [-0.3, -0.25) is 0 Å². The van der Waals surface area contributed by atoms with Crippen molar-refractivity contribution < 1.29 is 14.3 Å². The summed E-state index contributed by atoms with van der Waals surface area (Å²) in [7, 11) is 3.02. The Kier molecular flexibility index (Phi) is 5.52. The molecule has 2 aromatic heterocycles. The minimum Gasteiger partial charge on any atom is -0.495 e. The summed E-state index contributed by atoms with van der Waals surface area (Å²) in [6.45, 7) is 3.01. The highest BCUT2D eigenvalue weighted by Gasteiger charge is 2.24. The lowest BCUT2D eigenvalue weighted by atomic mass is 10.1. The van der Waals surface area contributed by atoms with Crippen molar-refractivity contribution in [1.82, 2.24) is 19.7 Å². The molecule has 5 rings (SSSR count). The first-order valence-electron chi connectivity index (χ1n) is 10.7. The van der Waals surface area contributed by atoms with Crippen LogP contribution in [0.5, 0.6) is 5.75 Å². The average Bonchev–Trinajstić information content (AvgIpc) is 3.33. The molecule has 1 aliphatic rings. The van der Waals surface area contributed by atoms with E-state index in [1.54, 1.807) is 25.6 Å². The second-order valence-corrected chi connectivity index (χ2v) is 7.68. The summed E-state index contributed by atoms with van der Waals surface area (Å²) in [5.41, 5.74) is 3.12. The van der Waals surface area contributed by atoms with Gasteiger partial charge in [-0.05, 0) is 30.3 Å². The van der Waals surface area contributed by atoms with Crippen LogP contribution in [-0.2, 0) is 4.74 Å². The Balaban J connectivity index is 1.39. The number of anilines is 2. The van der Waals surface area contributed by atoms with E-state index in [2.05, 4.69) is 24.9 Å². The van der Waals surface area contributed by atoms with Crippen LogP contribution >= 0.6 is 0 Å². The fraction of sp³-hybridized carbons (Fsp3) is 0.250. The molecule has 0 N–H and O–H groups in total. The lowest BCUT2D eigenvalue weighted by Gasteiger charge is -2.37.